The predicted octanol–water partition coefficient (Wildman–Crippen LogP) is 1.21. The van der Waals surface area contributed by atoms with Crippen LogP contribution in [-0.2, 0) is 9.59 Å². The number of amides is 2. The topological polar surface area (TPSA) is 85.7 Å². The standard InChI is InChI=1S/C17H20N4O3/c1-13(22)21-9-7-20(8-10-21)12-14(11-18)17(23)19-15-3-5-16(24-2)6-4-15/h3-6,12H,7-10H2,1-2H3,(H,19,23)/b14-12-. The molecule has 0 atom stereocenters. The Kier molecular flexibility index (Phi) is 5.79. The average molecular weight is 328 g/mol. The van der Waals surface area contributed by atoms with Gasteiger partial charge in [-0.3, -0.25) is 9.59 Å². The predicted molar refractivity (Wildman–Crippen MR) is 89.1 cm³/mol. The third kappa shape index (κ3) is 4.49. The third-order valence-electron chi connectivity index (χ3n) is 3.78. The molecule has 0 radical (unpaired) electrons. The van der Waals surface area contributed by atoms with Crippen LogP contribution in [0, 0.1) is 11.3 Å². The zero-order chi connectivity index (χ0) is 17.5. The molecule has 1 aliphatic rings. The quantitative estimate of drug-likeness (QED) is 0.663. The minimum Gasteiger partial charge on any atom is -0.497 e. The Labute approximate surface area is 141 Å². The summed E-state index contributed by atoms with van der Waals surface area (Å²) in [4.78, 5) is 27.2. The van der Waals surface area contributed by atoms with Crippen LogP contribution in [0.25, 0.3) is 0 Å². The van der Waals surface area contributed by atoms with E-state index < -0.39 is 5.91 Å². The number of nitriles is 1. The van der Waals surface area contributed by atoms with Gasteiger partial charge in [0.1, 0.15) is 17.4 Å². The number of hydrogen-bond donors (Lipinski definition) is 1. The van der Waals surface area contributed by atoms with E-state index in [1.165, 1.54) is 6.92 Å². The molecule has 7 nitrogen and oxygen atoms in total. The monoisotopic (exact) mass is 328 g/mol. The first-order valence-electron chi connectivity index (χ1n) is 7.60. The van der Waals surface area contributed by atoms with Crippen molar-refractivity contribution in [2.45, 2.75) is 6.92 Å². The van der Waals surface area contributed by atoms with Gasteiger partial charge in [0.25, 0.3) is 5.91 Å². The van der Waals surface area contributed by atoms with Crippen LogP contribution >= 0.6 is 0 Å². The summed E-state index contributed by atoms with van der Waals surface area (Å²) >= 11 is 0. The maximum absolute atomic E-state index is 12.2. The molecule has 0 aliphatic carbocycles. The second-order valence-electron chi connectivity index (χ2n) is 5.38. The van der Waals surface area contributed by atoms with Crippen LogP contribution in [0.4, 0.5) is 5.69 Å². The second-order valence-corrected chi connectivity index (χ2v) is 5.38. The summed E-state index contributed by atoms with van der Waals surface area (Å²) in [5, 5.41) is 11.9. The number of anilines is 1. The zero-order valence-electron chi connectivity index (χ0n) is 13.8. The highest BCUT2D eigenvalue weighted by Crippen LogP contribution is 2.16. The number of piperazine rings is 1. The highest BCUT2D eigenvalue weighted by molar-refractivity contribution is 6.06. The summed E-state index contributed by atoms with van der Waals surface area (Å²) in [7, 11) is 1.57. The van der Waals surface area contributed by atoms with Crippen molar-refractivity contribution in [1.82, 2.24) is 9.80 Å². The van der Waals surface area contributed by atoms with Crippen LogP contribution in [0.3, 0.4) is 0 Å². The molecule has 1 aliphatic heterocycles. The Morgan fingerprint density at radius 1 is 1.21 bits per heavy atom. The first-order chi connectivity index (χ1) is 11.5. The van der Waals surface area contributed by atoms with Crippen molar-refractivity contribution < 1.29 is 14.3 Å². The number of hydrogen-bond acceptors (Lipinski definition) is 5. The van der Waals surface area contributed by atoms with E-state index in [1.807, 2.05) is 11.0 Å². The molecule has 0 bridgehead atoms. The lowest BCUT2D eigenvalue weighted by molar-refractivity contribution is -0.130. The van der Waals surface area contributed by atoms with E-state index in [9.17, 15) is 14.9 Å². The number of benzene rings is 1. The highest BCUT2D eigenvalue weighted by Gasteiger charge is 2.18. The molecule has 24 heavy (non-hydrogen) atoms. The van der Waals surface area contributed by atoms with Crippen molar-refractivity contribution in [1.29, 1.82) is 5.26 Å². The van der Waals surface area contributed by atoms with Crippen molar-refractivity contribution in [3.8, 4) is 11.8 Å². The Morgan fingerprint density at radius 3 is 2.33 bits per heavy atom. The molecule has 0 spiro atoms. The van der Waals surface area contributed by atoms with Gasteiger partial charge in [-0.05, 0) is 24.3 Å². The maximum atomic E-state index is 12.2. The first-order valence-corrected chi connectivity index (χ1v) is 7.60. The molecular formula is C17H20N4O3. The number of ether oxygens (including phenoxy) is 1. The van der Waals surface area contributed by atoms with Gasteiger partial charge in [0.2, 0.25) is 5.91 Å². The number of carbonyl (C=O) groups is 2. The number of methoxy groups -OCH3 is 1. The molecule has 126 valence electrons. The summed E-state index contributed by atoms with van der Waals surface area (Å²) in [5.41, 5.74) is 0.616. The fraction of sp³-hybridized carbons (Fsp3) is 0.353. The molecular weight excluding hydrogens is 308 g/mol. The maximum Gasteiger partial charge on any atom is 0.267 e. The van der Waals surface area contributed by atoms with Gasteiger partial charge in [-0.25, -0.2) is 0 Å². The molecule has 1 aromatic carbocycles. The van der Waals surface area contributed by atoms with Crippen LogP contribution < -0.4 is 10.1 Å². The fourth-order valence-electron chi connectivity index (χ4n) is 2.36. The normalized spacial score (nSPS) is 14.8. The Morgan fingerprint density at radius 2 is 1.83 bits per heavy atom. The van der Waals surface area contributed by atoms with Crippen LogP contribution in [0.5, 0.6) is 5.75 Å². The molecule has 0 aromatic heterocycles. The summed E-state index contributed by atoms with van der Waals surface area (Å²) in [5.74, 6) is 0.264. The lowest BCUT2D eigenvalue weighted by Crippen LogP contribution is -2.46. The van der Waals surface area contributed by atoms with Gasteiger partial charge in [0.05, 0.1) is 7.11 Å². The van der Waals surface area contributed by atoms with E-state index in [-0.39, 0.29) is 11.5 Å². The summed E-state index contributed by atoms with van der Waals surface area (Å²) in [6.07, 6.45) is 1.55. The summed E-state index contributed by atoms with van der Waals surface area (Å²) in [6.45, 7) is 3.91. The fourth-order valence-corrected chi connectivity index (χ4v) is 2.36. The van der Waals surface area contributed by atoms with Gasteiger partial charge in [-0.15, -0.1) is 0 Å². The number of nitrogens with zero attached hydrogens (tertiary/aromatic N) is 3. The third-order valence-corrected chi connectivity index (χ3v) is 3.78. The highest BCUT2D eigenvalue weighted by atomic mass is 16.5. The molecule has 1 saturated heterocycles. The van der Waals surface area contributed by atoms with Crippen molar-refractivity contribution in [2.24, 2.45) is 0 Å². The minimum absolute atomic E-state index is 0.0297. The van der Waals surface area contributed by atoms with Crippen LogP contribution in [0.2, 0.25) is 0 Å². The Bertz CT molecular complexity index is 668. The van der Waals surface area contributed by atoms with E-state index in [1.54, 1.807) is 42.5 Å². The first kappa shape index (κ1) is 17.3. The van der Waals surface area contributed by atoms with Gasteiger partial charge in [-0.2, -0.15) is 5.26 Å². The number of carbonyl (C=O) groups excluding carboxylic acids is 2. The van der Waals surface area contributed by atoms with Gasteiger partial charge < -0.3 is 19.9 Å². The summed E-state index contributed by atoms with van der Waals surface area (Å²) in [6, 6.07) is 8.80. The van der Waals surface area contributed by atoms with E-state index in [0.29, 0.717) is 37.6 Å². The van der Waals surface area contributed by atoms with Gasteiger partial charge in [-0.1, -0.05) is 0 Å². The molecule has 2 amide bonds. The molecule has 0 unspecified atom stereocenters. The lowest BCUT2D eigenvalue weighted by atomic mass is 10.2. The molecule has 1 aromatic rings. The number of rotatable bonds is 4. The molecule has 1 fully saturated rings. The van der Waals surface area contributed by atoms with Gasteiger partial charge in [0, 0.05) is 45.0 Å². The van der Waals surface area contributed by atoms with E-state index in [4.69, 9.17) is 4.74 Å². The Balaban J connectivity index is 1.98. The van der Waals surface area contributed by atoms with E-state index in [2.05, 4.69) is 5.32 Å². The smallest absolute Gasteiger partial charge is 0.267 e. The molecule has 0 saturated carbocycles. The number of nitrogens with one attached hydrogen (secondary N) is 1. The van der Waals surface area contributed by atoms with E-state index in [0.717, 1.165) is 0 Å². The molecule has 1 N–H and O–H groups in total. The van der Waals surface area contributed by atoms with Crippen molar-refractivity contribution in [3.05, 3.63) is 36.0 Å². The van der Waals surface area contributed by atoms with Crippen LogP contribution in [0.15, 0.2) is 36.0 Å². The molecule has 2 rings (SSSR count). The second kappa shape index (κ2) is 8.02. The van der Waals surface area contributed by atoms with Crippen molar-refractivity contribution in [3.63, 3.8) is 0 Å². The van der Waals surface area contributed by atoms with Gasteiger partial charge in [0.15, 0.2) is 0 Å². The summed E-state index contributed by atoms with van der Waals surface area (Å²) < 4.78 is 5.06. The molecule has 1 heterocycles. The van der Waals surface area contributed by atoms with Gasteiger partial charge >= 0.3 is 0 Å². The molecule has 7 heteroatoms. The average Bonchev–Trinajstić information content (AvgIpc) is 2.60. The lowest BCUT2D eigenvalue weighted by Gasteiger charge is -2.33. The Hall–Kier alpha value is -3.01. The SMILES string of the molecule is COc1ccc(NC(=O)/C(C#N)=C\N2CCN(C(C)=O)CC2)cc1. The zero-order valence-corrected chi connectivity index (χ0v) is 13.8. The minimum atomic E-state index is -0.461. The van der Waals surface area contributed by atoms with Crippen molar-refractivity contribution in [2.75, 3.05) is 38.6 Å². The largest absolute Gasteiger partial charge is 0.497 e. The van der Waals surface area contributed by atoms with Crippen LogP contribution in [0.1, 0.15) is 6.92 Å². The van der Waals surface area contributed by atoms with Crippen LogP contribution in [-0.4, -0.2) is 54.9 Å². The van der Waals surface area contributed by atoms with Crippen molar-refractivity contribution >= 4 is 17.5 Å². The van der Waals surface area contributed by atoms with E-state index >= 15 is 0 Å².